The first-order chi connectivity index (χ1) is 11.3. The molecule has 0 saturated carbocycles. The van der Waals surface area contributed by atoms with Gasteiger partial charge in [-0.05, 0) is 18.2 Å². The zero-order valence-corrected chi connectivity index (χ0v) is 12.4. The molecule has 0 aliphatic heterocycles. The molecular formula is C15H12N2O7. The molecule has 0 heterocycles. The molecule has 0 aliphatic rings. The zero-order chi connectivity index (χ0) is 17.9. The number of hydrogen-bond acceptors (Lipinski definition) is 7. The molecule has 0 bridgehead atoms. The number of carbonyl (C=O) groups excluding carboxylic acids is 1. The Balaban J connectivity index is 2.70. The molecule has 0 radical (unpaired) electrons. The fourth-order valence-corrected chi connectivity index (χ4v) is 2.29. The van der Waals surface area contributed by atoms with Crippen LogP contribution in [-0.4, -0.2) is 28.0 Å². The molecule has 2 aromatic carbocycles. The number of esters is 1. The summed E-state index contributed by atoms with van der Waals surface area (Å²) in [4.78, 5) is 32.7. The van der Waals surface area contributed by atoms with Gasteiger partial charge in [0.2, 0.25) is 5.60 Å². The fourth-order valence-electron chi connectivity index (χ4n) is 2.29. The van der Waals surface area contributed by atoms with Crippen molar-refractivity contribution in [2.45, 2.75) is 5.60 Å². The Morgan fingerprint density at radius 1 is 1.04 bits per heavy atom. The van der Waals surface area contributed by atoms with Gasteiger partial charge in [-0.15, -0.1) is 0 Å². The summed E-state index contributed by atoms with van der Waals surface area (Å²) in [5.41, 5.74) is -3.60. The number of nitro benzene ring substituents is 2. The number of carbonyl (C=O) groups is 1. The number of benzene rings is 2. The summed E-state index contributed by atoms with van der Waals surface area (Å²) >= 11 is 0. The van der Waals surface area contributed by atoms with E-state index in [2.05, 4.69) is 4.74 Å². The summed E-state index contributed by atoms with van der Waals surface area (Å²) in [6.45, 7) is 0. The second-order valence-electron chi connectivity index (χ2n) is 4.78. The van der Waals surface area contributed by atoms with E-state index in [9.17, 15) is 30.1 Å². The first-order valence-electron chi connectivity index (χ1n) is 6.62. The fraction of sp³-hybridized carbons (Fsp3) is 0.133. The molecule has 2 rings (SSSR count). The Morgan fingerprint density at radius 3 is 2.12 bits per heavy atom. The van der Waals surface area contributed by atoms with Crippen molar-refractivity contribution in [2.75, 3.05) is 7.11 Å². The molecule has 0 amide bonds. The Labute approximate surface area is 135 Å². The quantitative estimate of drug-likeness (QED) is 0.502. The van der Waals surface area contributed by atoms with Crippen LogP contribution in [0.4, 0.5) is 11.4 Å². The molecule has 1 unspecified atom stereocenters. The molecule has 9 nitrogen and oxygen atoms in total. The highest BCUT2D eigenvalue weighted by atomic mass is 16.6. The third-order valence-corrected chi connectivity index (χ3v) is 3.47. The van der Waals surface area contributed by atoms with E-state index < -0.39 is 27.1 Å². The molecule has 1 N–H and O–H groups in total. The predicted octanol–water partition coefficient (Wildman–Crippen LogP) is 1.91. The van der Waals surface area contributed by atoms with Gasteiger partial charge in [0.25, 0.3) is 11.4 Å². The minimum absolute atomic E-state index is 0.0887. The van der Waals surface area contributed by atoms with Crippen molar-refractivity contribution >= 4 is 17.3 Å². The largest absolute Gasteiger partial charge is 0.466 e. The van der Waals surface area contributed by atoms with Crippen molar-refractivity contribution in [1.82, 2.24) is 0 Å². The van der Waals surface area contributed by atoms with Crippen LogP contribution in [0, 0.1) is 20.2 Å². The van der Waals surface area contributed by atoms with E-state index in [0.29, 0.717) is 0 Å². The van der Waals surface area contributed by atoms with Gasteiger partial charge in [0.15, 0.2) is 0 Å². The molecule has 0 fully saturated rings. The summed E-state index contributed by atoms with van der Waals surface area (Å²) in [5, 5.41) is 32.9. The third-order valence-electron chi connectivity index (χ3n) is 3.47. The predicted molar refractivity (Wildman–Crippen MR) is 81.2 cm³/mol. The van der Waals surface area contributed by atoms with E-state index in [-0.39, 0.29) is 16.8 Å². The zero-order valence-electron chi connectivity index (χ0n) is 12.4. The van der Waals surface area contributed by atoms with Crippen LogP contribution in [0.5, 0.6) is 0 Å². The van der Waals surface area contributed by atoms with Crippen LogP contribution in [0.1, 0.15) is 11.1 Å². The van der Waals surface area contributed by atoms with Crippen molar-refractivity contribution in [3.05, 3.63) is 79.9 Å². The number of aliphatic hydroxyl groups is 1. The van der Waals surface area contributed by atoms with Gasteiger partial charge in [-0.1, -0.05) is 12.1 Å². The van der Waals surface area contributed by atoms with E-state index in [1.54, 1.807) is 0 Å². The molecule has 2 aromatic rings. The molecule has 0 aromatic heterocycles. The number of ether oxygens (including phenoxy) is 1. The van der Waals surface area contributed by atoms with E-state index in [0.717, 1.165) is 37.4 Å². The standard InChI is InChI=1S/C15H12N2O7/c1-24-14(18)15(19,10-6-8-11(9-7-10)16(20)21)12-4-2-3-5-13(12)17(22)23/h2-9,19H,1H3. The van der Waals surface area contributed by atoms with Gasteiger partial charge in [0.05, 0.1) is 22.5 Å². The van der Waals surface area contributed by atoms with Gasteiger partial charge >= 0.3 is 5.97 Å². The van der Waals surface area contributed by atoms with Crippen LogP contribution in [0.2, 0.25) is 0 Å². The molecule has 124 valence electrons. The lowest BCUT2D eigenvalue weighted by atomic mass is 9.85. The van der Waals surface area contributed by atoms with E-state index >= 15 is 0 Å². The Hall–Kier alpha value is -3.33. The molecule has 1 atom stereocenters. The second-order valence-corrected chi connectivity index (χ2v) is 4.78. The minimum Gasteiger partial charge on any atom is -0.466 e. The van der Waals surface area contributed by atoms with Gasteiger partial charge in [0, 0.05) is 23.8 Å². The Kier molecular flexibility index (Phi) is 4.56. The number of nitro groups is 2. The van der Waals surface area contributed by atoms with Crippen LogP contribution in [0.3, 0.4) is 0 Å². The van der Waals surface area contributed by atoms with Crippen LogP contribution in [0.25, 0.3) is 0 Å². The average Bonchev–Trinajstić information content (AvgIpc) is 2.60. The van der Waals surface area contributed by atoms with Gasteiger partial charge in [-0.2, -0.15) is 0 Å². The first kappa shape index (κ1) is 17.0. The second kappa shape index (κ2) is 6.42. The van der Waals surface area contributed by atoms with E-state index in [1.165, 1.54) is 18.2 Å². The Morgan fingerprint density at radius 2 is 1.62 bits per heavy atom. The summed E-state index contributed by atoms with van der Waals surface area (Å²) in [7, 11) is 1.02. The van der Waals surface area contributed by atoms with Crippen molar-refractivity contribution in [2.24, 2.45) is 0 Å². The number of hydrogen-bond donors (Lipinski definition) is 1. The van der Waals surface area contributed by atoms with Crippen molar-refractivity contribution in [3.63, 3.8) is 0 Å². The molecule has 0 aliphatic carbocycles. The minimum atomic E-state index is -2.48. The topological polar surface area (TPSA) is 133 Å². The lowest BCUT2D eigenvalue weighted by molar-refractivity contribution is -0.386. The highest BCUT2D eigenvalue weighted by molar-refractivity contribution is 5.87. The summed E-state index contributed by atoms with van der Waals surface area (Å²) < 4.78 is 4.59. The highest BCUT2D eigenvalue weighted by Gasteiger charge is 2.45. The maximum Gasteiger partial charge on any atom is 0.347 e. The molecular weight excluding hydrogens is 320 g/mol. The van der Waals surface area contributed by atoms with Gasteiger partial charge in [-0.3, -0.25) is 20.2 Å². The van der Waals surface area contributed by atoms with E-state index in [1.807, 2.05) is 0 Å². The molecule has 24 heavy (non-hydrogen) atoms. The summed E-state index contributed by atoms with van der Waals surface area (Å²) in [6, 6.07) is 9.61. The van der Waals surface area contributed by atoms with Crippen LogP contribution in [0.15, 0.2) is 48.5 Å². The smallest absolute Gasteiger partial charge is 0.347 e. The average molecular weight is 332 g/mol. The summed E-state index contributed by atoms with van der Waals surface area (Å²) in [6.07, 6.45) is 0. The van der Waals surface area contributed by atoms with Crippen molar-refractivity contribution < 1.29 is 24.5 Å². The van der Waals surface area contributed by atoms with Crippen LogP contribution < -0.4 is 0 Å². The Bertz CT molecular complexity index is 804. The maximum absolute atomic E-state index is 12.2. The molecule has 0 saturated heterocycles. The number of methoxy groups -OCH3 is 1. The monoisotopic (exact) mass is 332 g/mol. The van der Waals surface area contributed by atoms with Gasteiger partial charge in [0.1, 0.15) is 0 Å². The van der Waals surface area contributed by atoms with Crippen molar-refractivity contribution in [3.8, 4) is 0 Å². The SMILES string of the molecule is COC(=O)C(O)(c1ccc([N+](=O)[O-])cc1)c1ccccc1[N+](=O)[O-]. The van der Waals surface area contributed by atoms with Crippen LogP contribution >= 0.6 is 0 Å². The lowest BCUT2D eigenvalue weighted by Gasteiger charge is -2.25. The number of rotatable bonds is 5. The maximum atomic E-state index is 12.2. The highest BCUT2D eigenvalue weighted by Crippen LogP contribution is 2.37. The molecule has 9 heteroatoms. The molecule has 0 spiro atoms. The van der Waals surface area contributed by atoms with Crippen molar-refractivity contribution in [1.29, 1.82) is 0 Å². The van der Waals surface area contributed by atoms with Crippen LogP contribution in [-0.2, 0) is 15.1 Å². The normalized spacial score (nSPS) is 12.9. The third kappa shape index (κ3) is 2.79. The van der Waals surface area contributed by atoms with E-state index in [4.69, 9.17) is 0 Å². The lowest BCUT2D eigenvalue weighted by Crippen LogP contribution is -2.38. The summed E-state index contributed by atoms with van der Waals surface area (Å²) in [5.74, 6) is -1.15. The van der Waals surface area contributed by atoms with Gasteiger partial charge in [-0.25, -0.2) is 4.79 Å². The first-order valence-corrected chi connectivity index (χ1v) is 6.62. The van der Waals surface area contributed by atoms with Gasteiger partial charge < -0.3 is 9.84 Å². The number of non-ortho nitro benzene ring substituents is 1. The number of nitrogens with zero attached hydrogens (tertiary/aromatic N) is 2. The number of para-hydroxylation sites is 1.